The van der Waals surface area contributed by atoms with Crippen LogP contribution in [0.2, 0.25) is 0 Å². The standard InChI is InChI=1S/C25H27O3P/c1-3-19(2)29-25(26)24-20(17-27-22-13-6-4-7-14-22)11-10-12-21(24)18-28-23-15-8-5-9-16-23/h4-16,19,29H,3,17-18H2,1-2H3. The van der Waals surface area contributed by atoms with E-state index in [1.807, 2.05) is 78.9 Å². The summed E-state index contributed by atoms with van der Waals surface area (Å²) < 4.78 is 11.9. The number of para-hydroxylation sites is 2. The molecule has 2 atom stereocenters. The number of rotatable bonds is 10. The van der Waals surface area contributed by atoms with Crippen molar-refractivity contribution >= 4 is 14.1 Å². The van der Waals surface area contributed by atoms with Gasteiger partial charge in [0.1, 0.15) is 24.7 Å². The van der Waals surface area contributed by atoms with Gasteiger partial charge in [-0.2, -0.15) is 0 Å². The molecule has 3 nitrogen and oxygen atoms in total. The molecule has 3 aromatic carbocycles. The molecule has 29 heavy (non-hydrogen) atoms. The van der Waals surface area contributed by atoms with Crippen LogP contribution >= 0.6 is 8.58 Å². The SMILES string of the molecule is CCC(C)PC(=O)c1c(COc2ccccc2)cccc1COc1ccccc1. The van der Waals surface area contributed by atoms with Crippen molar-refractivity contribution < 1.29 is 14.3 Å². The maximum atomic E-state index is 13.2. The molecule has 0 amide bonds. The van der Waals surface area contributed by atoms with E-state index in [1.165, 1.54) is 0 Å². The van der Waals surface area contributed by atoms with Crippen LogP contribution in [0.25, 0.3) is 0 Å². The highest BCUT2D eigenvalue weighted by Gasteiger charge is 2.19. The van der Waals surface area contributed by atoms with Crippen LogP contribution in [0.5, 0.6) is 11.5 Å². The van der Waals surface area contributed by atoms with Crippen LogP contribution in [0.3, 0.4) is 0 Å². The molecule has 0 aromatic heterocycles. The van der Waals surface area contributed by atoms with E-state index >= 15 is 0 Å². The van der Waals surface area contributed by atoms with Gasteiger partial charge in [-0.1, -0.05) is 68.4 Å². The molecule has 0 spiro atoms. The first-order chi connectivity index (χ1) is 14.2. The lowest BCUT2D eigenvalue weighted by atomic mass is 10.0. The lowest BCUT2D eigenvalue weighted by Gasteiger charge is -2.17. The molecule has 0 aliphatic carbocycles. The van der Waals surface area contributed by atoms with Crippen LogP contribution in [0.15, 0.2) is 78.9 Å². The van der Waals surface area contributed by atoms with Gasteiger partial charge in [-0.25, -0.2) is 0 Å². The van der Waals surface area contributed by atoms with Crippen molar-refractivity contribution in [3.05, 3.63) is 95.6 Å². The molecule has 0 saturated heterocycles. The van der Waals surface area contributed by atoms with Gasteiger partial charge in [-0.3, -0.25) is 4.79 Å². The number of carbonyl (C=O) groups is 1. The summed E-state index contributed by atoms with van der Waals surface area (Å²) in [6, 6.07) is 25.3. The normalized spacial score (nSPS) is 12.1. The summed E-state index contributed by atoms with van der Waals surface area (Å²) in [6.45, 7) is 4.96. The Morgan fingerprint density at radius 3 is 1.72 bits per heavy atom. The highest BCUT2D eigenvalue weighted by Crippen LogP contribution is 2.31. The molecule has 0 fully saturated rings. The molecule has 4 heteroatoms. The lowest BCUT2D eigenvalue weighted by Crippen LogP contribution is -2.11. The van der Waals surface area contributed by atoms with Gasteiger partial charge in [-0.15, -0.1) is 0 Å². The van der Waals surface area contributed by atoms with Crippen molar-refractivity contribution in [1.82, 2.24) is 0 Å². The second kappa shape index (κ2) is 10.8. The molecule has 0 N–H and O–H groups in total. The molecule has 0 radical (unpaired) electrons. The van der Waals surface area contributed by atoms with Gasteiger partial charge in [0.25, 0.3) is 0 Å². The van der Waals surface area contributed by atoms with Gasteiger partial charge < -0.3 is 9.47 Å². The number of hydrogen-bond donors (Lipinski definition) is 0. The molecule has 150 valence electrons. The number of hydrogen-bond acceptors (Lipinski definition) is 3. The first-order valence-electron chi connectivity index (χ1n) is 9.94. The van der Waals surface area contributed by atoms with Gasteiger partial charge in [-0.05, 0) is 44.9 Å². The highest BCUT2D eigenvalue weighted by molar-refractivity contribution is 7.59. The third-order valence-electron chi connectivity index (χ3n) is 4.73. The number of ether oxygens (including phenoxy) is 2. The maximum Gasteiger partial charge on any atom is 0.182 e. The van der Waals surface area contributed by atoms with Crippen molar-refractivity contribution in [2.75, 3.05) is 0 Å². The number of benzene rings is 3. The Morgan fingerprint density at radius 2 is 1.28 bits per heavy atom. The topological polar surface area (TPSA) is 35.5 Å². The quantitative estimate of drug-likeness (QED) is 0.362. The molecular weight excluding hydrogens is 379 g/mol. The highest BCUT2D eigenvalue weighted by atomic mass is 31.1. The van der Waals surface area contributed by atoms with E-state index in [0.717, 1.165) is 34.6 Å². The van der Waals surface area contributed by atoms with E-state index in [2.05, 4.69) is 13.8 Å². The summed E-state index contributed by atoms with van der Waals surface area (Å²) in [7, 11) is 0.242. The molecule has 0 bridgehead atoms. The Balaban J connectivity index is 1.84. The fraction of sp³-hybridized carbons (Fsp3) is 0.240. The first kappa shape index (κ1) is 21.1. The Hall–Kier alpha value is -2.64. The van der Waals surface area contributed by atoms with Crippen molar-refractivity contribution in [1.29, 1.82) is 0 Å². The van der Waals surface area contributed by atoms with E-state index in [9.17, 15) is 4.79 Å². The third kappa shape index (κ3) is 6.17. The van der Waals surface area contributed by atoms with Crippen LogP contribution in [-0.2, 0) is 13.2 Å². The van der Waals surface area contributed by atoms with Crippen LogP contribution in [0.4, 0.5) is 0 Å². The third-order valence-corrected chi connectivity index (χ3v) is 6.14. The van der Waals surface area contributed by atoms with Crippen LogP contribution < -0.4 is 9.47 Å². The molecule has 0 aliphatic rings. The summed E-state index contributed by atoms with van der Waals surface area (Å²) in [4.78, 5) is 13.2. The smallest absolute Gasteiger partial charge is 0.182 e. The summed E-state index contributed by atoms with van der Waals surface area (Å²) in [6.07, 6.45) is 0.989. The Morgan fingerprint density at radius 1 is 0.793 bits per heavy atom. The molecule has 3 rings (SSSR count). The molecular formula is C25H27O3P. The minimum absolute atomic E-state index is 0.179. The second-order valence-electron chi connectivity index (χ2n) is 6.94. The Labute approximate surface area is 174 Å². The summed E-state index contributed by atoms with van der Waals surface area (Å²) in [5.41, 5.74) is 3.11. The largest absolute Gasteiger partial charge is 0.489 e. The predicted octanol–water partition coefficient (Wildman–Crippen LogP) is 6.46. The minimum Gasteiger partial charge on any atom is -0.489 e. The fourth-order valence-electron chi connectivity index (χ4n) is 2.94. The molecule has 0 saturated carbocycles. The zero-order chi connectivity index (χ0) is 20.5. The first-order valence-corrected chi connectivity index (χ1v) is 11.0. The predicted molar refractivity (Wildman–Crippen MR) is 120 cm³/mol. The second-order valence-corrected chi connectivity index (χ2v) is 8.67. The summed E-state index contributed by atoms with van der Waals surface area (Å²) in [5, 5.41) is 0. The van der Waals surface area contributed by atoms with Crippen molar-refractivity contribution in [2.45, 2.75) is 39.1 Å². The Bertz CT molecular complexity index is 848. The van der Waals surface area contributed by atoms with Crippen LogP contribution in [0.1, 0.15) is 41.8 Å². The maximum absolute atomic E-state index is 13.2. The van der Waals surface area contributed by atoms with Crippen LogP contribution in [0, 0.1) is 0 Å². The summed E-state index contributed by atoms with van der Waals surface area (Å²) >= 11 is 0. The van der Waals surface area contributed by atoms with E-state index in [1.54, 1.807) is 0 Å². The van der Waals surface area contributed by atoms with E-state index in [4.69, 9.17) is 9.47 Å². The average Bonchev–Trinajstić information content (AvgIpc) is 2.77. The van der Waals surface area contributed by atoms with E-state index in [-0.39, 0.29) is 14.1 Å². The lowest BCUT2D eigenvalue weighted by molar-refractivity contribution is 0.108. The molecule has 0 aliphatic heterocycles. The van der Waals surface area contributed by atoms with Gasteiger partial charge in [0.15, 0.2) is 5.52 Å². The monoisotopic (exact) mass is 406 g/mol. The zero-order valence-electron chi connectivity index (χ0n) is 16.9. The summed E-state index contributed by atoms with van der Waals surface area (Å²) in [5.74, 6) is 1.59. The molecule has 3 aromatic rings. The van der Waals surface area contributed by atoms with Crippen molar-refractivity contribution in [3.63, 3.8) is 0 Å². The van der Waals surface area contributed by atoms with Gasteiger partial charge in [0, 0.05) is 16.7 Å². The van der Waals surface area contributed by atoms with Gasteiger partial charge >= 0.3 is 0 Å². The van der Waals surface area contributed by atoms with Crippen molar-refractivity contribution in [3.8, 4) is 11.5 Å². The van der Waals surface area contributed by atoms with Gasteiger partial charge in [0.05, 0.1) is 0 Å². The van der Waals surface area contributed by atoms with Crippen LogP contribution in [-0.4, -0.2) is 11.2 Å². The molecule has 2 unspecified atom stereocenters. The van der Waals surface area contributed by atoms with Gasteiger partial charge in [0.2, 0.25) is 0 Å². The average molecular weight is 406 g/mol. The van der Waals surface area contributed by atoms with E-state index < -0.39 is 0 Å². The van der Waals surface area contributed by atoms with E-state index in [0.29, 0.717) is 18.9 Å². The van der Waals surface area contributed by atoms with Crippen molar-refractivity contribution in [2.24, 2.45) is 0 Å². The minimum atomic E-state index is 0.179. The Kier molecular flexibility index (Phi) is 7.84. The number of carbonyl (C=O) groups excluding carboxylic acids is 1. The fourth-order valence-corrected chi connectivity index (χ4v) is 4.06. The molecule has 0 heterocycles. The zero-order valence-corrected chi connectivity index (χ0v) is 17.9.